The first-order chi connectivity index (χ1) is 6.25. The Morgan fingerprint density at radius 2 is 1.85 bits per heavy atom. The third kappa shape index (κ3) is 1.92. The van der Waals surface area contributed by atoms with Gasteiger partial charge in [0.15, 0.2) is 0 Å². The van der Waals surface area contributed by atoms with E-state index in [-0.39, 0.29) is 0 Å². The molecule has 0 spiro atoms. The fourth-order valence-electron chi connectivity index (χ4n) is 2.18. The van der Waals surface area contributed by atoms with E-state index in [1.807, 2.05) is 0 Å². The minimum Gasteiger partial charge on any atom is -0.316 e. The van der Waals surface area contributed by atoms with E-state index >= 15 is 0 Å². The van der Waals surface area contributed by atoms with Crippen molar-refractivity contribution < 1.29 is 0 Å². The Morgan fingerprint density at radius 1 is 1.15 bits per heavy atom. The summed E-state index contributed by atoms with van der Waals surface area (Å²) in [7, 11) is 0. The summed E-state index contributed by atoms with van der Waals surface area (Å²) < 4.78 is 0. The molecule has 0 unspecified atom stereocenters. The summed E-state index contributed by atoms with van der Waals surface area (Å²) in [5, 5.41) is 3.41. The highest BCUT2D eigenvalue weighted by molar-refractivity contribution is 5.31. The van der Waals surface area contributed by atoms with Crippen LogP contribution in [0.2, 0.25) is 0 Å². The summed E-state index contributed by atoms with van der Waals surface area (Å²) >= 11 is 0. The zero-order valence-corrected chi connectivity index (χ0v) is 8.43. The van der Waals surface area contributed by atoms with E-state index in [2.05, 4.69) is 37.4 Å². The Labute approximate surface area is 80.2 Å². The zero-order valence-electron chi connectivity index (χ0n) is 8.43. The molecule has 1 heterocycles. The molecule has 70 valence electrons. The van der Waals surface area contributed by atoms with Crippen LogP contribution in [-0.2, 0) is 0 Å². The fraction of sp³-hybridized carbons (Fsp3) is 0.500. The first-order valence-corrected chi connectivity index (χ1v) is 5.04. The summed E-state index contributed by atoms with van der Waals surface area (Å²) in [5.74, 6) is 0.749. The Morgan fingerprint density at radius 3 is 2.38 bits per heavy atom. The van der Waals surface area contributed by atoms with E-state index in [1.165, 1.54) is 29.7 Å². The summed E-state index contributed by atoms with van der Waals surface area (Å²) in [5.41, 5.74) is 4.30. The van der Waals surface area contributed by atoms with E-state index in [4.69, 9.17) is 0 Å². The van der Waals surface area contributed by atoms with Gasteiger partial charge in [-0.15, -0.1) is 0 Å². The van der Waals surface area contributed by atoms with Crippen LogP contribution < -0.4 is 5.32 Å². The predicted molar refractivity (Wildman–Crippen MR) is 56.1 cm³/mol. The van der Waals surface area contributed by atoms with Crippen molar-refractivity contribution in [2.45, 2.75) is 26.2 Å². The first-order valence-electron chi connectivity index (χ1n) is 5.04. The van der Waals surface area contributed by atoms with Crippen molar-refractivity contribution in [2.24, 2.45) is 0 Å². The molecule has 0 aromatic heterocycles. The summed E-state index contributed by atoms with van der Waals surface area (Å²) in [6, 6.07) is 6.89. The Kier molecular flexibility index (Phi) is 2.36. The molecule has 1 aromatic rings. The van der Waals surface area contributed by atoms with Crippen molar-refractivity contribution in [3.8, 4) is 0 Å². The molecule has 1 aliphatic rings. The molecule has 1 aliphatic heterocycles. The monoisotopic (exact) mass is 175 g/mol. The van der Waals surface area contributed by atoms with Gasteiger partial charge in [0.05, 0.1) is 0 Å². The lowest BCUT2D eigenvalue weighted by molar-refractivity contribution is 0.761. The highest BCUT2D eigenvalue weighted by Crippen LogP contribution is 2.23. The van der Waals surface area contributed by atoms with E-state index in [0.717, 1.165) is 12.5 Å². The number of rotatable bonds is 1. The fourth-order valence-corrected chi connectivity index (χ4v) is 2.18. The van der Waals surface area contributed by atoms with Gasteiger partial charge in [-0.05, 0) is 38.3 Å². The summed E-state index contributed by atoms with van der Waals surface area (Å²) in [4.78, 5) is 0. The maximum atomic E-state index is 3.41. The third-order valence-corrected chi connectivity index (χ3v) is 2.78. The van der Waals surface area contributed by atoms with Crippen LogP contribution in [0.5, 0.6) is 0 Å². The second-order valence-electron chi connectivity index (χ2n) is 4.11. The van der Waals surface area contributed by atoms with Gasteiger partial charge in [-0.2, -0.15) is 0 Å². The molecule has 1 N–H and O–H groups in total. The van der Waals surface area contributed by atoms with Gasteiger partial charge in [-0.25, -0.2) is 0 Å². The van der Waals surface area contributed by atoms with Crippen molar-refractivity contribution >= 4 is 0 Å². The molecule has 0 radical (unpaired) electrons. The number of aryl methyl sites for hydroxylation is 2. The van der Waals surface area contributed by atoms with Gasteiger partial charge in [0.2, 0.25) is 0 Å². The molecule has 0 bridgehead atoms. The summed E-state index contributed by atoms with van der Waals surface area (Å²) in [6.07, 6.45) is 1.29. The number of nitrogens with one attached hydrogen (secondary N) is 1. The maximum absolute atomic E-state index is 3.41. The predicted octanol–water partition coefficient (Wildman–Crippen LogP) is 2.38. The molecule has 2 rings (SSSR count). The van der Waals surface area contributed by atoms with Crippen molar-refractivity contribution in [3.05, 3.63) is 34.9 Å². The average Bonchev–Trinajstić information content (AvgIpc) is 2.53. The lowest BCUT2D eigenvalue weighted by Gasteiger charge is -2.10. The first kappa shape index (κ1) is 8.76. The molecular weight excluding hydrogens is 158 g/mol. The molecule has 1 saturated heterocycles. The number of hydrogen-bond acceptors (Lipinski definition) is 1. The van der Waals surface area contributed by atoms with Gasteiger partial charge >= 0.3 is 0 Å². The summed E-state index contributed by atoms with van der Waals surface area (Å²) in [6.45, 7) is 6.69. The molecule has 1 atom stereocenters. The van der Waals surface area contributed by atoms with E-state index in [9.17, 15) is 0 Å². The van der Waals surface area contributed by atoms with Crippen molar-refractivity contribution in [1.29, 1.82) is 0 Å². The molecule has 1 fully saturated rings. The molecule has 0 aliphatic carbocycles. The molecule has 13 heavy (non-hydrogen) atoms. The smallest absolute Gasteiger partial charge is 0.00206 e. The van der Waals surface area contributed by atoms with Crippen LogP contribution >= 0.6 is 0 Å². The van der Waals surface area contributed by atoms with Gasteiger partial charge in [-0.1, -0.05) is 29.3 Å². The zero-order chi connectivity index (χ0) is 9.26. The minimum absolute atomic E-state index is 0.749. The van der Waals surface area contributed by atoms with Gasteiger partial charge in [0.1, 0.15) is 0 Å². The quantitative estimate of drug-likeness (QED) is 0.691. The minimum atomic E-state index is 0.749. The topological polar surface area (TPSA) is 12.0 Å². The molecular formula is C12H17N. The average molecular weight is 175 g/mol. The van der Waals surface area contributed by atoms with E-state index < -0.39 is 0 Å². The lowest BCUT2D eigenvalue weighted by Crippen LogP contribution is -2.08. The van der Waals surface area contributed by atoms with Crippen molar-refractivity contribution in [1.82, 2.24) is 5.32 Å². The van der Waals surface area contributed by atoms with Crippen LogP contribution in [-0.4, -0.2) is 13.1 Å². The van der Waals surface area contributed by atoms with Crippen LogP contribution in [0.15, 0.2) is 18.2 Å². The molecule has 1 nitrogen and oxygen atoms in total. The second-order valence-corrected chi connectivity index (χ2v) is 4.11. The van der Waals surface area contributed by atoms with Crippen LogP contribution in [0, 0.1) is 13.8 Å². The number of hydrogen-bond donors (Lipinski definition) is 1. The van der Waals surface area contributed by atoms with Crippen LogP contribution in [0.25, 0.3) is 0 Å². The Bertz CT molecular complexity index is 278. The van der Waals surface area contributed by atoms with Crippen LogP contribution in [0.3, 0.4) is 0 Å². The third-order valence-electron chi connectivity index (χ3n) is 2.78. The largest absolute Gasteiger partial charge is 0.316 e. The Balaban J connectivity index is 2.28. The molecule has 1 heteroatoms. The standard InChI is InChI=1S/C12H17N/c1-9-5-10(2)7-12(6-9)11-3-4-13-8-11/h5-7,11,13H,3-4,8H2,1-2H3/t11-/m1/s1. The van der Waals surface area contributed by atoms with Crippen molar-refractivity contribution in [3.63, 3.8) is 0 Å². The highest BCUT2D eigenvalue weighted by atomic mass is 14.9. The van der Waals surface area contributed by atoms with Crippen LogP contribution in [0.4, 0.5) is 0 Å². The Hall–Kier alpha value is -0.820. The van der Waals surface area contributed by atoms with Gasteiger partial charge in [0, 0.05) is 6.54 Å². The van der Waals surface area contributed by atoms with E-state index in [1.54, 1.807) is 0 Å². The maximum Gasteiger partial charge on any atom is 0.00206 e. The highest BCUT2D eigenvalue weighted by Gasteiger charge is 2.16. The van der Waals surface area contributed by atoms with Gasteiger partial charge in [0.25, 0.3) is 0 Å². The van der Waals surface area contributed by atoms with Crippen molar-refractivity contribution in [2.75, 3.05) is 13.1 Å². The molecule has 0 saturated carbocycles. The van der Waals surface area contributed by atoms with E-state index in [0.29, 0.717) is 0 Å². The normalized spacial score (nSPS) is 22.2. The SMILES string of the molecule is Cc1cc(C)cc([C@@H]2CCNC2)c1. The second kappa shape index (κ2) is 3.51. The van der Waals surface area contributed by atoms with Gasteiger partial charge in [-0.3, -0.25) is 0 Å². The van der Waals surface area contributed by atoms with Gasteiger partial charge < -0.3 is 5.32 Å². The number of benzene rings is 1. The van der Waals surface area contributed by atoms with Crippen LogP contribution in [0.1, 0.15) is 29.0 Å². The molecule has 0 amide bonds. The lowest BCUT2D eigenvalue weighted by atomic mass is 9.95. The molecule has 1 aromatic carbocycles.